The number of thiazole rings is 1. The lowest BCUT2D eigenvalue weighted by Crippen LogP contribution is -2.22. The van der Waals surface area contributed by atoms with Gasteiger partial charge in [0.1, 0.15) is 6.04 Å². The van der Waals surface area contributed by atoms with Crippen molar-refractivity contribution in [1.82, 2.24) is 14.5 Å². The van der Waals surface area contributed by atoms with E-state index in [0.717, 1.165) is 0 Å². The van der Waals surface area contributed by atoms with E-state index in [2.05, 4.69) is 15.3 Å². The number of methoxy groups -OCH3 is 1. The van der Waals surface area contributed by atoms with Crippen molar-refractivity contribution in [1.29, 1.82) is 0 Å². The first-order valence-electron chi connectivity index (χ1n) is 7.16. The molecule has 2 aromatic heterocycles. The summed E-state index contributed by atoms with van der Waals surface area (Å²) in [5, 5.41) is 4.98. The monoisotopic (exact) mass is 346 g/mol. The van der Waals surface area contributed by atoms with E-state index in [1.165, 1.54) is 24.5 Å². The van der Waals surface area contributed by atoms with Crippen LogP contribution in [0.4, 0.5) is 9.52 Å². The van der Waals surface area contributed by atoms with E-state index in [-0.39, 0.29) is 11.7 Å². The van der Waals surface area contributed by atoms with Crippen LogP contribution in [0.3, 0.4) is 0 Å². The topological polar surface area (TPSA) is 69.0 Å². The number of hydrogen-bond donors (Lipinski definition) is 1. The summed E-state index contributed by atoms with van der Waals surface area (Å²) in [6.07, 6.45) is 4.92. The minimum atomic E-state index is -0.456. The number of aromatic nitrogens is 3. The average Bonchev–Trinajstić information content (AvgIpc) is 3.26. The van der Waals surface area contributed by atoms with Crippen LogP contribution in [0.15, 0.2) is 42.3 Å². The molecular weight excluding hydrogens is 331 g/mol. The van der Waals surface area contributed by atoms with Crippen molar-refractivity contribution in [3.8, 4) is 17.0 Å². The molecule has 1 aromatic carbocycles. The number of rotatable bonds is 5. The second-order valence-electron chi connectivity index (χ2n) is 5.06. The summed E-state index contributed by atoms with van der Waals surface area (Å²) in [4.78, 5) is 20.5. The number of imidazole rings is 1. The largest absolute Gasteiger partial charge is 0.494 e. The second kappa shape index (κ2) is 6.79. The number of ether oxygens (including phenoxy) is 1. The fourth-order valence-corrected chi connectivity index (χ4v) is 2.86. The fourth-order valence-electron chi connectivity index (χ4n) is 2.13. The molecule has 6 nitrogen and oxygen atoms in total. The van der Waals surface area contributed by atoms with Gasteiger partial charge in [-0.05, 0) is 25.1 Å². The van der Waals surface area contributed by atoms with Gasteiger partial charge >= 0.3 is 0 Å². The minimum absolute atomic E-state index is 0.177. The third-order valence-corrected chi connectivity index (χ3v) is 4.29. The first-order chi connectivity index (χ1) is 11.6. The predicted molar refractivity (Wildman–Crippen MR) is 89.6 cm³/mol. The van der Waals surface area contributed by atoms with Crippen LogP contribution in [0.5, 0.6) is 5.75 Å². The number of carbonyl (C=O) groups excluding carboxylic acids is 1. The van der Waals surface area contributed by atoms with E-state index in [1.54, 1.807) is 47.7 Å². The Kier molecular flexibility index (Phi) is 4.57. The van der Waals surface area contributed by atoms with E-state index in [9.17, 15) is 9.18 Å². The maximum Gasteiger partial charge on any atom is 0.248 e. The molecule has 0 aliphatic rings. The zero-order chi connectivity index (χ0) is 17.1. The number of nitrogens with one attached hydrogen (secondary N) is 1. The van der Waals surface area contributed by atoms with Crippen LogP contribution >= 0.6 is 11.3 Å². The van der Waals surface area contributed by atoms with Crippen molar-refractivity contribution in [3.05, 3.63) is 48.1 Å². The van der Waals surface area contributed by atoms with Crippen molar-refractivity contribution in [2.75, 3.05) is 12.4 Å². The van der Waals surface area contributed by atoms with Gasteiger partial charge in [-0.2, -0.15) is 0 Å². The number of amides is 1. The summed E-state index contributed by atoms with van der Waals surface area (Å²) in [5.41, 5.74) is 1.21. The van der Waals surface area contributed by atoms with Gasteiger partial charge < -0.3 is 14.6 Å². The van der Waals surface area contributed by atoms with Crippen LogP contribution in [0, 0.1) is 5.82 Å². The Hall–Kier alpha value is -2.74. The van der Waals surface area contributed by atoms with Crippen LogP contribution in [0.25, 0.3) is 11.3 Å². The highest BCUT2D eigenvalue weighted by molar-refractivity contribution is 7.14. The van der Waals surface area contributed by atoms with Crippen LogP contribution in [-0.2, 0) is 4.79 Å². The summed E-state index contributed by atoms with van der Waals surface area (Å²) in [6, 6.07) is 4.21. The predicted octanol–water partition coefficient (Wildman–Crippen LogP) is 3.35. The van der Waals surface area contributed by atoms with Crippen molar-refractivity contribution < 1.29 is 13.9 Å². The lowest BCUT2D eigenvalue weighted by atomic mass is 10.1. The van der Waals surface area contributed by atoms with Gasteiger partial charge in [-0.25, -0.2) is 14.4 Å². The summed E-state index contributed by atoms with van der Waals surface area (Å²) in [5.74, 6) is -0.478. The summed E-state index contributed by atoms with van der Waals surface area (Å²) < 4.78 is 20.4. The number of hydrogen-bond acceptors (Lipinski definition) is 5. The second-order valence-corrected chi connectivity index (χ2v) is 5.92. The lowest BCUT2D eigenvalue weighted by Gasteiger charge is -2.11. The number of carbonyl (C=O) groups is 1. The Morgan fingerprint density at radius 1 is 1.46 bits per heavy atom. The average molecular weight is 346 g/mol. The highest BCUT2D eigenvalue weighted by Gasteiger charge is 2.16. The van der Waals surface area contributed by atoms with E-state index >= 15 is 0 Å². The van der Waals surface area contributed by atoms with Gasteiger partial charge in [-0.15, -0.1) is 11.3 Å². The van der Waals surface area contributed by atoms with Gasteiger partial charge in [0, 0.05) is 23.3 Å². The Bertz CT molecular complexity index is 848. The highest BCUT2D eigenvalue weighted by atomic mass is 32.1. The molecule has 0 aliphatic carbocycles. The molecule has 8 heteroatoms. The Balaban J connectivity index is 1.74. The molecule has 0 unspecified atom stereocenters. The molecule has 0 aliphatic heterocycles. The van der Waals surface area contributed by atoms with E-state index in [0.29, 0.717) is 16.4 Å². The zero-order valence-corrected chi connectivity index (χ0v) is 13.9. The van der Waals surface area contributed by atoms with Gasteiger partial charge in [0.2, 0.25) is 5.91 Å². The normalized spacial score (nSPS) is 12.0. The Morgan fingerprint density at radius 2 is 2.29 bits per heavy atom. The van der Waals surface area contributed by atoms with Gasteiger partial charge in [-0.3, -0.25) is 4.79 Å². The molecule has 1 atom stereocenters. The molecule has 0 fully saturated rings. The molecule has 1 N–H and O–H groups in total. The molecule has 124 valence electrons. The Morgan fingerprint density at radius 3 is 2.96 bits per heavy atom. The van der Waals surface area contributed by atoms with Crippen molar-refractivity contribution in [3.63, 3.8) is 0 Å². The summed E-state index contributed by atoms with van der Waals surface area (Å²) >= 11 is 1.28. The van der Waals surface area contributed by atoms with Crippen LogP contribution in [-0.4, -0.2) is 27.6 Å². The van der Waals surface area contributed by atoms with Crippen molar-refractivity contribution >= 4 is 22.4 Å². The third-order valence-electron chi connectivity index (χ3n) is 3.53. The van der Waals surface area contributed by atoms with Crippen molar-refractivity contribution in [2.45, 2.75) is 13.0 Å². The zero-order valence-electron chi connectivity index (χ0n) is 13.1. The smallest absolute Gasteiger partial charge is 0.248 e. The van der Waals surface area contributed by atoms with E-state index < -0.39 is 11.9 Å². The van der Waals surface area contributed by atoms with Gasteiger partial charge in [0.05, 0.1) is 19.1 Å². The lowest BCUT2D eigenvalue weighted by molar-refractivity contribution is -0.118. The minimum Gasteiger partial charge on any atom is -0.494 e. The van der Waals surface area contributed by atoms with Crippen molar-refractivity contribution in [2.24, 2.45) is 0 Å². The number of anilines is 1. The standard InChI is InChI=1S/C16H15FN4O2S/c1-10(21-6-5-18-9-21)15(22)20-16-19-13(8-24-16)11-3-4-14(23-2)12(17)7-11/h3-10H,1-2H3,(H,19,20,22)/t10-/m0/s1. The van der Waals surface area contributed by atoms with Crippen LogP contribution < -0.4 is 10.1 Å². The third kappa shape index (κ3) is 3.28. The van der Waals surface area contributed by atoms with Crippen LogP contribution in [0.1, 0.15) is 13.0 Å². The summed E-state index contributed by atoms with van der Waals surface area (Å²) in [7, 11) is 1.41. The summed E-state index contributed by atoms with van der Waals surface area (Å²) in [6.45, 7) is 1.77. The Labute approximate surface area is 141 Å². The molecular formula is C16H15FN4O2S. The first-order valence-corrected chi connectivity index (χ1v) is 8.04. The quantitative estimate of drug-likeness (QED) is 0.769. The molecule has 0 saturated heterocycles. The number of nitrogens with zero attached hydrogens (tertiary/aromatic N) is 3. The molecule has 3 rings (SSSR count). The van der Waals surface area contributed by atoms with Gasteiger partial charge in [0.15, 0.2) is 16.7 Å². The molecule has 0 spiro atoms. The molecule has 2 heterocycles. The SMILES string of the molecule is COc1ccc(-c2csc(NC(=O)[C@H](C)n3ccnc3)n2)cc1F. The number of benzene rings is 1. The number of halogens is 1. The molecule has 3 aromatic rings. The fraction of sp³-hybridized carbons (Fsp3) is 0.188. The first kappa shape index (κ1) is 16.1. The molecule has 1 amide bonds. The molecule has 0 radical (unpaired) electrons. The molecule has 24 heavy (non-hydrogen) atoms. The van der Waals surface area contributed by atoms with E-state index in [4.69, 9.17) is 4.74 Å². The highest BCUT2D eigenvalue weighted by Crippen LogP contribution is 2.28. The van der Waals surface area contributed by atoms with Crippen LogP contribution in [0.2, 0.25) is 0 Å². The van der Waals surface area contributed by atoms with Gasteiger partial charge in [0.25, 0.3) is 0 Å². The maximum absolute atomic E-state index is 13.8. The van der Waals surface area contributed by atoms with Gasteiger partial charge in [-0.1, -0.05) is 0 Å². The van der Waals surface area contributed by atoms with E-state index in [1.807, 2.05) is 0 Å². The molecule has 0 bridgehead atoms. The maximum atomic E-state index is 13.8. The molecule has 0 saturated carbocycles.